The van der Waals surface area contributed by atoms with E-state index in [-0.39, 0.29) is 6.54 Å². The number of carbonyl (C=O) groups excluding carboxylic acids is 1. The molecule has 0 atom stereocenters. The van der Waals surface area contributed by atoms with Crippen LogP contribution >= 0.6 is 0 Å². The van der Waals surface area contributed by atoms with Gasteiger partial charge in [0.25, 0.3) is 0 Å². The van der Waals surface area contributed by atoms with Gasteiger partial charge in [-0.1, -0.05) is 78.9 Å². The van der Waals surface area contributed by atoms with Crippen LogP contribution in [-0.2, 0) is 14.8 Å². The molecule has 4 aromatic carbocycles. The Hall–Kier alpha value is -4.10. The van der Waals surface area contributed by atoms with E-state index in [4.69, 9.17) is 4.74 Å². The first kappa shape index (κ1) is 24.0. The van der Waals surface area contributed by atoms with Crippen LogP contribution in [0.2, 0.25) is 0 Å². The van der Waals surface area contributed by atoms with Crippen molar-refractivity contribution < 1.29 is 17.9 Å². The Balaban J connectivity index is 1.53. The second-order valence-electron chi connectivity index (χ2n) is 8.00. The van der Waals surface area contributed by atoms with E-state index in [1.54, 1.807) is 24.3 Å². The second-order valence-corrected chi connectivity index (χ2v) is 9.91. The molecular formula is C28H26N2O4S. The van der Waals surface area contributed by atoms with E-state index in [1.807, 2.05) is 91.0 Å². The lowest BCUT2D eigenvalue weighted by Crippen LogP contribution is -2.41. The van der Waals surface area contributed by atoms with E-state index in [0.29, 0.717) is 17.2 Å². The van der Waals surface area contributed by atoms with Crippen LogP contribution in [0.5, 0.6) is 11.5 Å². The van der Waals surface area contributed by atoms with Crippen molar-refractivity contribution >= 4 is 21.6 Å². The standard InChI is InChI=1S/C28H26N2O4S/c1-35(32,33)30(24-17-19-26(20-18-24)34-25-15-9-4-10-16-25)21-27(31)29-28(22-11-5-2-6-12-22)23-13-7-3-8-14-23/h2-20,28H,21H2,1H3,(H,29,31). The lowest BCUT2D eigenvalue weighted by Gasteiger charge is -2.25. The monoisotopic (exact) mass is 486 g/mol. The molecule has 0 aliphatic carbocycles. The maximum absolute atomic E-state index is 13.1. The molecular weight excluding hydrogens is 460 g/mol. The van der Waals surface area contributed by atoms with E-state index >= 15 is 0 Å². The average Bonchev–Trinajstić information content (AvgIpc) is 2.87. The fourth-order valence-electron chi connectivity index (χ4n) is 3.69. The molecule has 178 valence electrons. The SMILES string of the molecule is CS(=O)(=O)N(CC(=O)NC(c1ccccc1)c1ccccc1)c1ccc(Oc2ccccc2)cc1. The minimum Gasteiger partial charge on any atom is -0.457 e. The third-order valence-corrected chi connectivity index (χ3v) is 6.50. The van der Waals surface area contributed by atoms with Crippen molar-refractivity contribution in [2.24, 2.45) is 0 Å². The van der Waals surface area contributed by atoms with Crippen molar-refractivity contribution in [2.45, 2.75) is 6.04 Å². The molecule has 6 nitrogen and oxygen atoms in total. The molecule has 0 aliphatic heterocycles. The van der Waals surface area contributed by atoms with Gasteiger partial charge in [0.2, 0.25) is 15.9 Å². The van der Waals surface area contributed by atoms with Gasteiger partial charge < -0.3 is 10.1 Å². The van der Waals surface area contributed by atoms with Crippen LogP contribution in [0.15, 0.2) is 115 Å². The molecule has 35 heavy (non-hydrogen) atoms. The van der Waals surface area contributed by atoms with Gasteiger partial charge in [-0.05, 0) is 47.5 Å². The van der Waals surface area contributed by atoms with E-state index in [9.17, 15) is 13.2 Å². The number of sulfonamides is 1. The highest BCUT2D eigenvalue weighted by molar-refractivity contribution is 7.92. The Labute approximate surface area is 205 Å². The first-order chi connectivity index (χ1) is 16.9. The molecule has 1 N–H and O–H groups in total. The minimum atomic E-state index is -3.72. The topological polar surface area (TPSA) is 75.7 Å². The van der Waals surface area contributed by atoms with Crippen LogP contribution < -0.4 is 14.4 Å². The van der Waals surface area contributed by atoms with Crippen molar-refractivity contribution in [1.82, 2.24) is 5.32 Å². The summed E-state index contributed by atoms with van der Waals surface area (Å²) < 4.78 is 32.0. The maximum Gasteiger partial charge on any atom is 0.241 e. The number of amides is 1. The fraction of sp³-hybridized carbons (Fsp3) is 0.107. The average molecular weight is 487 g/mol. The molecule has 1 amide bonds. The zero-order valence-corrected chi connectivity index (χ0v) is 20.1. The molecule has 0 bridgehead atoms. The highest BCUT2D eigenvalue weighted by atomic mass is 32.2. The molecule has 4 rings (SSSR count). The lowest BCUT2D eigenvalue weighted by atomic mass is 9.99. The van der Waals surface area contributed by atoms with Gasteiger partial charge in [-0.2, -0.15) is 0 Å². The Morgan fingerprint density at radius 1 is 0.743 bits per heavy atom. The van der Waals surface area contributed by atoms with Gasteiger partial charge in [-0.3, -0.25) is 9.10 Å². The summed E-state index contributed by atoms with van der Waals surface area (Å²) >= 11 is 0. The number of para-hydroxylation sites is 1. The molecule has 0 aromatic heterocycles. The van der Waals surface area contributed by atoms with E-state index in [2.05, 4.69) is 5.32 Å². The first-order valence-electron chi connectivity index (χ1n) is 11.1. The van der Waals surface area contributed by atoms with Crippen LogP contribution in [0.1, 0.15) is 17.2 Å². The number of hydrogen-bond acceptors (Lipinski definition) is 4. The van der Waals surface area contributed by atoms with Gasteiger partial charge >= 0.3 is 0 Å². The quantitative estimate of drug-likeness (QED) is 0.355. The van der Waals surface area contributed by atoms with Gasteiger partial charge in [0.1, 0.15) is 18.0 Å². The molecule has 0 fully saturated rings. The predicted molar refractivity (Wildman–Crippen MR) is 138 cm³/mol. The maximum atomic E-state index is 13.1. The van der Waals surface area contributed by atoms with Crippen molar-refractivity contribution in [2.75, 3.05) is 17.1 Å². The summed E-state index contributed by atoms with van der Waals surface area (Å²) in [5.74, 6) is 0.816. The number of rotatable bonds is 9. The molecule has 0 heterocycles. The summed E-state index contributed by atoms with van der Waals surface area (Å²) in [6.45, 7) is -0.353. The Bertz CT molecular complexity index is 1310. The van der Waals surface area contributed by atoms with Gasteiger partial charge in [0.05, 0.1) is 18.0 Å². The number of benzene rings is 4. The lowest BCUT2D eigenvalue weighted by molar-refractivity contribution is -0.120. The Morgan fingerprint density at radius 3 is 1.69 bits per heavy atom. The fourth-order valence-corrected chi connectivity index (χ4v) is 4.55. The first-order valence-corrected chi connectivity index (χ1v) is 12.9. The zero-order chi connectivity index (χ0) is 24.7. The molecule has 0 spiro atoms. The zero-order valence-electron chi connectivity index (χ0n) is 19.2. The molecule has 0 unspecified atom stereocenters. The molecule has 0 aliphatic rings. The van der Waals surface area contributed by atoms with E-state index in [0.717, 1.165) is 21.7 Å². The van der Waals surface area contributed by atoms with Crippen molar-refractivity contribution in [3.8, 4) is 11.5 Å². The minimum absolute atomic E-state index is 0.353. The van der Waals surface area contributed by atoms with Crippen LogP contribution in [0.25, 0.3) is 0 Å². The summed E-state index contributed by atoms with van der Waals surface area (Å²) in [6.07, 6.45) is 1.08. The number of nitrogens with zero attached hydrogens (tertiary/aromatic N) is 1. The number of nitrogens with one attached hydrogen (secondary N) is 1. The molecule has 7 heteroatoms. The van der Waals surface area contributed by atoms with E-state index < -0.39 is 22.0 Å². The van der Waals surface area contributed by atoms with Gasteiger partial charge in [-0.15, -0.1) is 0 Å². The summed E-state index contributed by atoms with van der Waals surface area (Å²) in [6, 6.07) is 34.6. The summed E-state index contributed by atoms with van der Waals surface area (Å²) in [4.78, 5) is 13.1. The number of carbonyl (C=O) groups is 1. The Morgan fingerprint density at radius 2 is 1.20 bits per heavy atom. The predicted octanol–water partition coefficient (Wildman–Crippen LogP) is 5.15. The Kier molecular flexibility index (Phi) is 7.48. The van der Waals surface area contributed by atoms with Gasteiger partial charge in [0.15, 0.2) is 0 Å². The normalized spacial score (nSPS) is 11.1. The van der Waals surface area contributed by atoms with E-state index in [1.165, 1.54) is 0 Å². The van der Waals surface area contributed by atoms with Crippen LogP contribution in [0.3, 0.4) is 0 Å². The van der Waals surface area contributed by atoms with Crippen molar-refractivity contribution in [3.63, 3.8) is 0 Å². The van der Waals surface area contributed by atoms with Crippen molar-refractivity contribution in [3.05, 3.63) is 126 Å². The third kappa shape index (κ3) is 6.49. The van der Waals surface area contributed by atoms with Crippen molar-refractivity contribution in [1.29, 1.82) is 0 Å². The number of ether oxygens (including phenoxy) is 1. The number of anilines is 1. The summed E-state index contributed by atoms with van der Waals surface area (Å²) in [5.41, 5.74) is 2.18. The molecule has 0 saturated carbocycles. The second kappa shape index (κ2) is 10.9. The molecule has 4 aromatic rings. The van der Waals surface area contributed by atoms with Crippen LogP contribution in [0, 0.1) is 0 Å². The summed E-state index contributed by atoms with van der Waals surface area (Å²) in [5, 5.41) is 3.00. The molecule has 0 saturated heterocycles. The van der Waals surface area contributed by atoms with Crippen LogP contribution in [0.4, 0.5) is 5.69 Å². The highest BCUT2D eigenvalue weighted by Gasteiger charge is 2.23. The molecule has 0 radical (unpaired) electrons. The largest absolute Gasteiger partial charge is 0.457 e. The number of hydrogen-bond donors (Lipinski definition) is 1. The highest BCUT2D eigenvalue weighted by Crippen LogP contribution is 2.26. The smallest absolute Gasteiger partial charge is 0.241 e. The third-order valence-electron chi connectivity index (χ3n) is 5.36. The van der Waals surface area contributed by atoms with Crippen LogP contribution in [-0.4, -0.2) is 27.1 Å². The van der Waals surface area contributed by atoms with Gasteiger partial charge in [0, 0.05) is 0 Å². The van der Waals surface area contributed by atoms with Gasteiger partial charge in [-0.25, -0.2) is 8.42 Å². The summed E-state index contributed by atoms with van der Waals surface area (Å²) in [7, 11) is -3.72.